The SMILES string of the molecule is Cc1ccccc1CSCC(=O)N(Cc1cccc(Cl)c1)[C@@H](C)C(=O)NC1CCCC1. The third-order valence-electron chi connectivity index (χ3n) is 5.86. The molecule has 1 atom stereocenters. The largest absolute Gasteiger partial charge is 0.352 e. The second-order valence-corrected chi connectivity index (χ2v) is 9.66. The molecule has 166 valence electrons. The zero-order valence-electron chi connectivity index (χ0n) is 18.3. The first-order chi connectivity index (χ1) is 14.9. The summed E-state index contributed by atoms with van der Waals surface area (Å²) in [6, 6.07) is 15.4. The van der Waals surface area contributed by atoms with Crippen LogP contribution in [-0.4, -0.2) is 34.6 Å². The summed E-state index contributed by atoms with van der Waals surface area (Å²) in [6.45, 7) is 4.26. The van der Waals surface area contributed by atoms with Crippen LogP contribution in [0.1, 0.15) is 49.3 Å². The van der Waals surface area contributed by atoms with Crippen molar-refractivity contribution in [3.05, 3.63) is 70.2 Å². The van der Waals surface area contributed by atoms with Crippen LogP contribution in [0.3, 0.4) is 0 Å². The maximum absolute atomic E-state index is 13.2. The van der Waals surface area contributed by atoms with Crippen LogP contribution in [0.15, 0.2) is 48.5 Å². The molecule has 2 amide bonds. The summed E-state index contributed by atoms with van der Waals surface area (Å²) >= 11 is 7.73. The average molecular weight is 459 g/mol. The van der Waals surface area contributed by atoms with Gasteiger partial charge < -0.3 is 10.2 Å². The topological polar surface area (TPSA) is 49.4 Å². The molecular formula is C25H31ClN2O2S. The Morgan fingerprint density at radius 3 is 2.61 bits per heavy atom. The molecule has 1 aliphatic carbocycles. The molecule has 0 bridgehead atoms. The fraction of sp³-hybridized carbons (Fsp3) is 0.440. The molecule has 31 heavy (non-hydrogen) atoms. The van der Waals surface area contributed by atoms with E-state index < -0.39 is 6.04 Å². The van der Waals surface area contributed by atoms with Crippen LogP contribution in [0.5, 0.6) is 0 Å². The second-order valence-electron chi connectivity index (χ2n) is 8.24. The van der Waals surface area contributed by atoms with Crippen molar-refractivity contribution < 1.29 is 9.59 Å². The van der Waals surface area contributed by atoms with Crippen molar-refractivity contribution in [1.82, 2.24) is 10.2 Å². The smallest absolute Gasteiger partial charge is 0.242 e. The van der Waals surface area contributed by atoms with Gasteiger partial charge in [0.2, 0.25) is 11.8 Å². The monoisotopic (exact) mass is 458 g/mol. The molecule has 0 radical (unpaired) electrons. The highest BCUT2D eigenvalue weighted by molar-refractivity contribution is 7.99. The zero-order chi connectivity index (χ0) is 22.2. The summed E-state index contributed by atoms with van der Waals surface area (Å²) < 4.78 is 0. The van der Waals surface area contributed by atoms with Gasteiger partial charge in [0, 0.05) is 23.4 Å². The first-order valence-corrected chi connectivity index (χ1v) is 12.4. The number of hydrogen-bond acceptors (Lipinski definition) is 3. The minimum absolute atomic E-state index is 0.0346. The fourth-order valence-electron chi connectivity index (χ4n) is 3.91. The van der Waals surface area contributed by atoms with E-state index in [1.54, 1.807) is 16.7 Å². The molecule has 1 saturated carbocycles. The lowest BCUT2D eigenvalue weighted by Crippen LogP contribution is -2.50. The van der Waals surface area contributed by atoms with Gasteiger partial charge in [-0.15, -0.1) is 11.8 Å². The first kappa shape index (κ1) is 23.7. The van der Waals surface area contributed by atoms with Crippen molar-refractivity contribution in [3.8, 4) is 0 Å². The van der Waals surface area contributed by atoms with Gasteiger partial charge in [0.15, 0.2) is 0 Å². The molecule has 0 aliphatic heterocycles. The Balaban J connectivity index is 1.66. The van der Waals surface area contributed by atoms with Gasteiger partial charge in [0.1, 0.15) is 6.04 Å². The summed E-state index contributed by atoms with van der Waals surface area (Å²) in [7, 11) is 0. The Labute approximate surface area is 194 Å². The maximum Gasteiger partial charge on any atom is 0.242 e. The van der Waals surface area contributed by atoms with Gasteiger partial charge in [-0.05, 0) is 55.5 Å². The predicted molar refractivity (Wildman–Crippen MR) is 129 cm³/mol. The molecule has 0 saturated heterocycles. The highest BCUT2D eigenvalue weighted by atomic mass is 35.5. The van der Waals surface area contributed by atoms with Crippen molar-refractivity contribution in [2.45, 2.75) is 63.9 Å². The van der Waals surface area contributed by atoms with Crippen LogP contribution in [0.4, 0.5) is 0 Å². The van der Waals surface area contributed by atoms with Crippen LogP contribution in [0.25, 0.3) is 0 Å². The van der Waals surface area contributed by atoms with E-state index >= 15 is 0 Å². The normalized spacial score (nSPS) is 14.9. The fourth-order valence-corrected chi connectivity index (χ4v) is 5.11. The van der Waals surface area contributed by atoms with Gasteiger partial charge in [-0.3, -0.25) is 9.59 Å². The van der Waals surface area contributed by atoms with E-state index in [0.717, 1.165) is 37.0 Å². The Morgan fingerprint density at radius 2 is 1.90 bits per heavy atom. The van der Waals surface area contributed by atoms with Crippen LogP contribution in [0, 0.1) is 6.92 Å². The number of carbonyl (C=O) groups is 2. The molecule has 0 heterocycles. The molecule has 2 aromatic rings. The molecule has 2 aromatic carbocycles. The Kier molecular flexibility index (Phi) is 8.85. The molecule has 4 nitrogen and oxygen atoms in total. The predicted octanol–water partition coefficient (Wildman–Crippen LogP) is 5.36. The maximum atomic E-state index is 13.2. The molecule has 0 aromatic heterocycles. The minimum atomic E-state index is -0.536. The van der Waals surface area contributed by atoms with Crippen LogP contribution in [-0.2, 0) is 21.9 Å². The van der Waals surface area contributed by atoms with Gasteiger partial charge in [-0.1, -0.05) is 60.8 Å². The number of hydrogen-bond donors (Lipinski definition) is 1. The van der Waals surface area contributed by atoms with E-state index in [1.165, 1.54) is 11.1 Å². The van der Waals surface area contributed by atoms with Crippen LogP contribution >= 0.6 is 23.4 Å². The Bertz CT molecular complexity index is 899. The minimum Gasteiger partial charge on any atom is -0.352 e. The van der Waals surface area contributed by atoms with Crippen LogP contribution < -0.4 is 5.32 Å². The van der Waals surface area contributed by atoms with Gasteiger partial charge in [0.05, 0.1) is 5.75 Å². The van der Waals surface area contributed by atoms with E-state index in [4.69, 9.17) is 11.6 Å². The molecule has 6 heteroatoms. The number of carbonyl (C=O) groups excluding carboxylic acids is 2. The lowest BCUT2D eigenvalue weighted by molar-refractivity contribution is -0.138. The highest BCUT2D eigenvalue weighted by Gasteiger charge is 2.28. The lowest BCUT2D eigenvalue weighted by Gasteiger charge is -2.29. The van der Waals surface area contributed by atoms with Crippen molar-refractivity contribution in [1.29, 1.82) is 0 Å². The van der Waals surface area contributed by atoms with Crippen molar-refractivity contribution >= 4 is 35.2 Å². The molecule has 0 spiro atoms. The standard InChI is InChI=1S/C25H31ClN2O2S/c1-18-8-3-4-10-21(18)16-31-17-24(29)28(15-20-9-7-11-22(26)14-20)19(2)25(30)27-23-12-5-6-13-23/h3-4,7-11,14,19,23H,5-6,12-13,15-17H2,1-2H3,(H,27,30)/t19-/m0/s1. The average Bonchev–Trinajstić information content (AvgIpc) is 3.26. The number of amides is 2. The molecule has 3 rings (SSSR count). The number of nitrogens with one attached hydrogen (secondary N) is 1. The van der Waals surface area contributed by atoms with Gasteiger partial charge in [-0.25, -0.2) is 0 Å². The third-order valence-corrected chi connectivity index (χ3v) is 7.06. The molecule has 0 unspecified atom stereocenters. The summed E-state index contributed by atoms with van der Waals surface area (Å²) in [4.78, 5) is 27.8. The van der Waals surface area contributed by atoms with Gasteiger partial charge in [-0.2, -0.15) is 0 Å². The van der Waals surface area contributed by atoms with Crippen LogP contribution in [0.2, 0.25) is 5.02 Å². The molecule has 1 fully saturated rings. The number of benzene rings is 2. The number of halogens is 1. The van der Waals surface area contributed by atoms with E-state index in [0.29, 0.717) is 17.3 Å². The number of thioether (sulfide) groups is 1. The second kappa shape index (κ2) is 11.6. The lowest BCUT2D eigenvalue weighted by atomic mass is 10.1. The zero-order valence-corrected chi connectivity index (χ0v) is 19.8. The molecule has 1 N–H and O–H groups in total. The van der Waals surface area contributed by atoms with E-state index in [9.17, 15) is 9.59 Å². The van der Waals surface area contributed by atoms with Gasteiger partial charge in [0.25, 0.3) is 0 Å². The first-order valence-electron chi connectivity index (χ1n) is 10.9. The summed E-state index contributed by atoms with van der Waals surface area (Å²) in [6.07, 6.45) is 4.35. The van der Waals surface area contributed by atoms with Crippen molar-refractivity contribution in [2.75, 3.05) is 5.75 Å². The highest BCUT2D eigenvalue weighted by Crippen LogP contribution is 2.21. The summed E-state index contributed by atoms with van der Waals surface area (Å²) in [5.41, 5.74) is 3.38. The quantitative estimate of drug-likeness (QED) is 0.550. The van der Waals surface area contributed by atoms with E-state index in [1.807, 2.05) is 43.3 Å². The summed E-state index contributed by atoms with van der Waals surface area (Å²) in [5.74, 6) is 0.987. The Morgan fingerprint density at radius 1 is 1.16 bits per heavy atom. The molecule has 1 aliphatic rings. The van der Waals surface area contributed by atoms with E-state index in [2.05, 4.69) is 24.4 Å². The Hall–Kier alpha value is -1.98. The van der Waals surface area contributed by atoms with Crippen molar-refractivity contribution in [3.63, 3.8) is 0 Å². The molecular weight excluding hydrogens is 428 g/mol. The summed E-state index contributed by atoms with van der Waals surface area (Å²) in [5, 5.41) is 3.76. The van der Waals surface area contributed by atoms with Crippen molar-refractivity contribution in [2.24, 2.45) is 0 Å². The number of aryl methyl sites for hydroxylation is 1. The number of nitrogens with zero attached hydrogens (tertiary/aromatic N) is 1. The van der Waals surface area contributed by atoms with E-state index in [-0.39, 0.29) is 17.9 Å². The number of rotatable bonds is 9. The third kappa shape index (κ3) is 7.01. The van der Waals surface area contributed by atoms with Gasteiger partial charge >= 0.3 is 0 Å².